The number of carbonyl (C=O) groups excluding carboxylic acids is 6. The van der Waals surface area contributed by atoms with Crippen molar-refractivity contribution in [1.29, 1.82) is 0 Å². The molecule has 0 spiro atoms. The Morgan fingerprint density at radius 3 is 1.22 bits per heavy atom. The largest absolute Gasteiger partial charge is 0.550 e. The number of likely N-dealkylation sites (N-methyl/N-ethyl adjacent to an activating group) is 2. The molecular formula is C50H72N16O16. The van der Waals surface area contributed by atoms with E-state index >= 15 is 0 Å². The lowest BCUT2D eigenvalue weighted by Crippen LogP contribution is -2.50. The normalized spacial score (nSPS) is 14.8. The van der Waals surface area contributed by atoms with Gasteiger partial charge in [-0.25, -0.2) is 9.59 Å². The molecule has 82 heavy (non-hydrogen) atoms. The summed E-state index contributed by atoms with van der Waals surface area (Å²) in [6.45, 7) is 3.35. The first-order chi connectivity index (χ1) is 38.5. The van der Waals surface area contributed by atoms with E-state index in [1.165, 1.54) is 34.1 Å². The fraction of sp³-hybridized carbons (Fsp3) is 0.440. The summed E-state index contributed by atoms with van der Waals surface area (Å²) >= 11 is 0. The lowest BCUT2D eigenvalue weighted by Gasteiger charge is -2.34. The molecule has 32 nitrogen and oxygen atoms in total. The molecule has 2 aromatic heterocycles. The van der Waals surface area contributed by atoms with Crippen LogP contribution < -0.4 is 74.5 Å². The Morgan fingerprint density at radius 2 is 0.963 bits per heavy atom. The molecule has 0 unspecified atom stereocenters. The number of carboxylic acids is 4. The highest BCUT2D eigenvalue weighted by molar-refractivity contribution is 5.98. The molecule has 0 bridgehead atoms. The summed E-state index contributed by atoms with van der Waals surface area (Å²) in [6.07, 6.45) is -0.557. The molecule has 16 N–H and O–H groups in total. The second kappa shape index (κ2) is 31.4. The van der Waals surface area contributed by atoms with E-state index in [-0.39, 0.29) is 85.2 Å². The number of benzene rings is 2. The maximum atomic E-state index is 12.3. The van der Waals surface area contributed by atoms with Gasteiger partial charge in [0.25, 0.3) is 22.9 Å². The molecule has 6 rings (SSSR count). The number of nitrogen functional groups attached to an aromatic ring is 2. The van der Waals surface area contributed by atoms with E-state index in [1.807, 2.05) is 0 Å². The van der Waals surface area contributed by atoms with Crippen molar-refractivity contribution in [3.8, 4) is 0 Å². The molecule has 4 heterocycles. The van der Waals surface area contributed by atoms with E-state index < -0.39 is 83.8 Å². The smallest absolute Gasteiger partial charge is 0.326 e. The Labute approximate surface area is 469 Å². The number of aromatic nitrogens is 4. The summed E-state index contributed by atoms with van der Waals surface area (Å²) in [7, 11) is 12.3. The Balaban J connectivity index is 0.000000349. The number of amides is 4. The molecule has 0 fully saturated rings. The van der Waals surface area contributed by atoms with Gasteiger partial charge >= 0.3 is 11.9 Å². The Hall–Kier alpha value is -9.40. The fourth-order valence-corrected chi connectivity index (χ4v) is 7.38. The molecule has 32 heteroatoms. The number of hydrogen-bond acceptors (Lipinski definition) is 22. The number of anilines is 8. The van der Waals surface area contributed by atoms with Crippen molar-refractivity contribution >= 4 is 94.8 Å². The third-order valence-corrected chi connectivity index (χ3v) is 11.8. The van der Waals surface area contributed by atoms with E-state index in [0.717, 1.165) is 22.1 Å². The summed E-state index contributed by atoms with van der Waals surface area (Å²) in [6, 6.07) is 8.55. The standard InChI is InChI=1S/2C20H23N7O7.2C5H14NO/c2*21-20-25-16-15(18(32)26-20)27(9-28)12(8-23-16)7-22-11-3-1-10(2-4-11)17(31)24-13(19(33)34)5-6-14(29)30;2*1-6(2,3)4-5-7/h2*1-4,9,12-13,22H,5-8H2,(H,24,31)(H,29,30)(H,33,34)(H4,21,23,25,26,32);2*7H,4-5H2,1-3H3/q;;2*+1/p-2/t2*12-,13-;;/m00../s1. The zero-order chi connectivity index (χ0) is 61.5. The number of aliphatic carboxylic acids is 4. The van der Waals surface area contributed by atoms with Crippen molar-refractivity contribution in [3.05, 3.63) is 80.4 Å². The van der Waals surface area contributed by atoms with Gasteiger partial charge in [0, 0.05) is 60.6 Å². The Kier molecular flexibility index (Phi) is 25.6. The SMILES string of the molecule is C[N+](C)(C)CCO.C[N+](C)(C)CCO.Nc1nc2c(c(=O)[nH]1)N(C=O)[C@@H](CNc1ccc(C(=O)N[C@@H](CCC(=O)[O-])C(=O)O)cc1)CN2.Nc1nc2c(c(=O)[nH]1)N(C=O)[C@@H](CNc1ccc(C(=O)N[C@@H](CCC(=O)[O-])C(=O)O)cc1)CN2. The third-order valence-electron chi connectivity index (χ3n) is 11.8. The molecule has 0 saturated carbocycles. The van der Waals surface area contributed by atoms with Crippen LogP contribution in [-0.2, 0) is 28.8 Å². The van der Waals surface area contributed by atoms with Gasteiger partial charge in [0.15, 0.2) is 23.0 Å². The number of aliphatic hydroxyl groups excluding tert-OH is 2. The monoisotopic (exact) mass is 1150 g/mol. The number of aromatic amines is 2. The topological polar surface area (TPSA) is 486 Å². The first-order valence-electron chi connectivity index (χ1n) is 25.2. The quantitative estimate of drug-likeness (QED) is 0.0231. The second-order valence-corrected chi connectivity index (χ2v) is 20.3. The van der Waals surface area contributed by atoms with Crippen LogP contribution >= 0.6 is 0 Å². The van der Waals surface area contributed by atoms with E-state index in [1.54, 1.807) is 24.3 Å². The lowest BCUT2D eigenvalue weighted by molar-refractivity contribution is -0.870. The van der Waals surface area contributed by atoms with Gasteiger partial charge in [0.1, 0.15) is 25.2 Å². The maximum Gasteiger partial charge on any atom is 0.326 e. The van der Waals surface area contributed by atoms with Crippen molar-refractivity contribution in [2.24, 2.45) is 0 Å². The van der Waals surface area contributed by atoms with Crippen LogP contribution in [0.25, 0.3) is 0 Å². The van der Waals surface area contributed by atoms with Crippen molar-refractivity contribution in [2.45, 2.75) is 49.9 Å². The van der Waals surface area contributed by atoms with E-state index in [9.17, 15) is 58.2 Å². The number of H-pyrrole nitrogens is 2. The Bertz CT molecular complexity index is 2750. The molecule has 2 aromatic carbocycles. The molecule has 448 valence electrons. The van der Waals surface area contributed by atoms with E-state index in [0.29, 0.717) is 37.3 Å². The van der Waals surface area contributed by atoms with Gasteiger partial charge in [0.05, 0.1) is 67.6 Å². The molecule has 4 atom stereocenters. The molecule has 4 amide bonds. The zero-order valence-corrected chi connectivity index (χ0v) is 46.1. The highest BCUT2D eigenvalue weighted by atomic mass is 16.4. The number of fused-ring (bicyclic) bond motifs is 2. The average molecular weight is 1150 g/mol. The number of carboxylic acid groups (broad SMARTS) is 4. The molecule has 4 aromatic rings. The molecule has 0 radical (unpaired) electrons. The minimum Gasteiger partial charge on any atom is -0.550 e. The maximum absolute atomic E-state index is 12.3. The van der Waals surface area contributed by atoms with Gasteiger partial charge in [-0.1, -0.05) is 0 Å². The van der Waals surface area contributed by atoms with Crippen molar-refractivity contribution in [2.75, 3.05) is 137 Å². The number of aliphatic hydroxyl groups is 2. The average Bonchev–Trinajstić information content (AvgIpc) is 3.55. The number of nitrogens with zero attached hydrogens (tertiary/aromatic N) is 6. The summed E-state index contributed by atoms with van der Waals surface area (Å²) in [4.78, 5) is 131. The number of quaternary nitrogens is 2. The lowest BCUT2D eigenvalue weighted by atomic mass is 10.1. The summed E-state index contributed by atoms with van der Waals surface area (Å²) in [5, 5.41) is 72.9. The summed E-state index contributed by atoms with van der Waals surface area (Å²) in [5.41, 5.74) is 11.6. The van der Waals surface area contributed by atoms with Crippen LogP contribution in [-0.4, -0.2) is 217 Å². The van der Waals surface area contributed by atoms with Crippen LogP contribution in [0.1, 0.15) is 46.4 Å². The zero-order valence-electron chi connectivity index (χ0n) is 46.1. The van der Waals surface area contributed by atoms with Gasteiger partial charge in [-0.3, -0.25) is 38.7 Å². The minimum atomic E-state index is -1.41. The molecule has 2 aliphatic rings. The molecule has 2 aliphatic heterocycles. The third kappa shape index (κ3) is 22.0. The second-order valence-electron chi connectivity index (χ2n) is 20.3. The summed E-state index contributed by atoms with van der Waals surface area (Å²) in [5.74, 6) is -6.62. The Morgan fingerprint density at radius 1 is 0.634 bits per heavy atom. The van der Waals surface area contributed by atoms with Crippen LogP contribution in [0.5, 0.6) is 0 Å². The molecule has 0 saturated heterocycles. The molecular weight excluding hydrogens is 1080 g/mol. The van der Waals surface area contributed by atoms with Gasteiger partial charge in [-0.05, 0) is 74.2 Å². The van der Waals surface area contributed by atoms with Crippen molar-refractivity contribution < 1.29 is 78.0 Å². The highest BCUT2D eigenvalue weighted by Crippen LogP contribution is 2.27. The van der Waals surface area contributed by atoms with Crippen LogP contribution in [0.15, 0.2) is 58.1 Å². The number of nitrogens with one attached hydrogen (secondary N) is 8. The van der Waals surface area contributed by atoms with Crippen LogP contribution in [0, 0.1) is 0 Å². The number of carbonyl (C=O) groups is 8. The van der Waals surface area contributed by atoms with Crippen LogP contribution in [0.2, 0.25) is 0 Å². The van der Waals surface area contributed by atoms with Gasteiger partial charge < -0.3 is 102 Å². The molecule has 0 aliphatic carbocycles. The first-order valence-corrected chi connectivity index (χ1v) is 25.2. The minimum absolute atomic E-state index is 0.0564. The highest BCUT2D eigenvalue weighted by Gasteiger charge is 2.31. The van der Waals surface area contributed by atoms with Gasteiger partial charge in [0.2, 0.25) is 24.7 Å². The predicted molar refractivity (Wildman–Crippen MR) is 296 cm³/mol. The number of nitrogens with two attached hydrogens (primary N) is 2. The van der Waals surface area contributed by atoms with Gasteiger partial charge in [-0.15, -0.1) is 0 Å². The first kappa shape index (κ1) is 66.9. The van der Waals surface area contributed by atoms with Crippen LogP contribution in [0.4, 0.5) is 46.3 Å². The van der Waals surface area contributed by atoms with Crippen LogP contribution in [0.3, 0.4) is 0 Å². The predicted octanol–water partition coefficient (Wildman–Crippen LogP) is -4.76. The van der Waals surface area contributed by atoms with Gasteiger partial charge in [-0.2, -0.15) is 9.97 Å². The van der Waals surface area contributed by atoms with E-state index in [4.69, 9.17) is 31.9 Å². The van der Waals surface area contributed by atoms with E-state index in [2.05, 4.69) is 94.1 Å². The number of hydrogen-bond donors (Lipinski definition) is 14. The van der Waals surface area contributed by atoms with Crippen molar-refractivity contribution in [1.82, 2.24) is 30.6 Å². The number of rotatable bonds is 24. The van der Waals surface area contributed by atoms with Crippen molar-refractivity contribution in [3.63, 3.8) is 0 Å². The summed E-state index contributed by atoms with van der Waals surface area (Å²) < 4.78 is 1.69. The fourth-order valence-electron chi connectivity index (χ4n) is 7.38.